The van der Waals surface area contributed by atoms with Crippen molar-refractivity contribution in [3.8, 4) is 11.5 Å². The standard InChI is InChI=1S/C16H21BrO4/c1-15(2)8-20-12-5-10(16(3,4)7-14(18)19)11(17)6-13(12)21-9-15/h5-6H,7-9H2,1-4H3,(H,18,19). The molecule has 1 aromatic rings. The molecule has 0 atom stereocenters. The molecule has 21 heavy (non-hydrogen) atoms. The van der Waals surface area contributed by atoms with Crippen LogP contribution in [0, 0.1) is 5.41 Å². The molecule has 0 spiro atoms. The van der Waals surface area contributed by atoms with Crippen LogP contribution in [0.3, 0.4) is 0 Å². The first-order valence-electron chi connectivity index (χ1n) is 6.92. The molecular weight excluding hydrogens is 336 g/mol. The van der Waals surface area contributed by atoms with E-state index in [1.807, 2.05) is 26.0 Å². The Kier molecular flexibility index (Phi) is 4.24. The minimum absolute atomic E-state index is 0.0523. The summed E-state index contributed by atoms with van der Waals surface area (Å²) in [5, 5.41) is 9.08. The van der Waals surface area contributed by atoms with Gasteiger partial charge in [0, 0.05) is 15.3 Å². The molecule has 0 amide bonds. The zero-order chi connectivity index (χ0) is 15.8. The second kappa shape index (κ2) is 5.52. The third-order valence-electron chi connectivity index (χ3n) is 3.59. The van der Waals surface area contributed by atoms with E-state index < -0.39 is 11.4 Å². The lowest BCUT2D eigenvalue weighted by Crippen LogP contribution is -2.26. The van der Waals surface area contributed by atoms with Gasteiger partial charge in [-0.1, -0.05) is 43.6 Å². The topological polar surface area (TPSA) is 55.8 Å². The van der Waals surface area contributed by atoms with E-state index >= 15 is 0 Å². The van der Waals surface area contributed by atoms with Crippen LogP contribution in [0.1, 0.15) is 39.7 Å². The molecule has 0 saturated carbocycles. The summed E-state index contributed by atoms with van der Waals surface area (Å²) < 4.78 is 12.5. The number of fused-ring (bicyclic) bond motifs is 1. The average Bonchev–Trinajstić information content (AvgIpc) is 2.46. The number of carboxylic acids is 1. The van der Waals surface area contributed by atoms with Crippen molar-refractivity contribution < 1.29 is 19.4 Å². The van der Waals surface area contributed by atoms with Crippen molar-refractivity contribution in [3.05, 3.63) is 22.2 Å². The molecule has 5 heteroatoms. The summed E-state index contributed by atoms with van der Waals surface area (Å²) in [6.45, 7) is 9.15. The zero-order valence-corrected chi connectivity index (χ0v) is 14.4. The lowest BCUT2D eigenvalue weighted by Gasteiger charge is -2.25. The third kappa shape index (κ3) is 3.70. The molecule has 1 aliphatic heterocycles. The van der Waals surface area contributed by atoms with E-state index in [0.29, 0.717) is 24.7 Å². The summed E-state index contributed by atoms with van der Waals surface area (Å²) >= 11 is 3.53. The largest absolute Gasteiger partial charge is 0.489 e. The van der Waals surface area contributed by atoms with Gasteiger partial charge in [0.2, 0.25) is 0 Å². The van der Waals surface area contributed by atoms with Crippen molar-refractivity contribution >= 4 is 21.9 Å². The van der Waals surface area contributed by atoms with Crippen LogP contribution < -0.4 is 9.47 Å². The Morgan fingerprint density at radius 1 is 1.29 bits per heavy atom. The summed E-state index contributed by atoms with van der Waals surface area (Å²) in [4.78, 5) is 11.1. The maximum atomic E-state index is 11.1. The molecular formula is C16H21BrO4. The van der Waals surface area contributed by atoms with Crippen LogP contribution in [0.2, 0.25) is 0 Å². The highest BCUT2D eigenvalue weighted by molar-refractivity contribution is 9.10. The van der Waals surface area contributed by atoms with E-state index in [1.165, 1.54) is 0 Å². The van der Waals surface area contributed by atoms with Gasteiger partial charge in [0.1, 0.15) is 0 Å². The first kappa shape index (κ1) is 16.1. The van der Waals surface area contributed by atoms with Gasteiger partial charge >= 0.3 is 5.97 Å². The monoisotopic (exact) mass is 356 g/mol. The SMILES string of the molecule is CC1(C)COc2cc(Br)c(C(C)(C)CC(=O)O)cc2OC1. The van der Waals surface area contributed by atoms with Crippen molar-refractivity contribution in [2.24, 2.45) is 5.41 Å². The summed E-state index contributed by atoms with van der Waals surface area (Å²) in [5.74, 6) is 0.555. The molecule has 2 rings (SSSR count). The predicted octanol–water partition coefficient (Wildman–Crippen LogP) is 4.00. The van der Waals surface area contributed by atoms with Gasteiger partial charge in [0.25, 0.3) is 0 Å². The van der Waals surface area contributed by atoms with Gasteiger partial charge in [0.05, 0.1) is 19.6 Å². The Morgan fingerprint density at radius 3 is 2.33 bits per heavy atom. The highest BCUT2D eigenvalue weighted by atomic mass is 79.9. The van der Waals surface area contributed by atoms with Gasteiger partial charge in [-0.05, 0) is 17.7 Å². The molecule has 4 nitrogen and oxygen atoms in total. The van der Waals surface area contributed by atoms with Crippen LogP contribution >= 0.6 is 15.9 Å². The Labute approximate surface area is 133 Å². The number of carbonyl (C=O) groups is 1. The maximum absolute atomic E-state index is 11.1. The van der Waals surface area contributed by atoms with Crippen LogP contribution in [0.5, 0.6) is 11.5 Å². The lowest BCUT2D eigenvalue weighted by molar-refractivity contribution is -0.138. The number of ether oxygens (including phenoxy) is 2. The fourth-order valence-electron chi connectivity index (χ4n) is 2.34. The zero-order valence-electron chi connectivity index (χ0n) is 12.8. The van der Waals surface area contributed by atoms with Crippen molar-refractivity contribution in [2.75, 3.05) is 13.2 Å². The number of benzene rings is 1. The van der Waals surface area contributed by atoms with Gasteiger partial charge in [-0.25, -0.2) is 0 Å². The molecule has 1 aromatic carbocycles. The number of carboxylic acid groups (broad SMARTS) is 1. The van der Waals surface area contributed by atoms with E-state index in [9.17, 15) is 4.79 Å². The van der Waals surface area contributed by atoms with Gasteiger partial charge < -0.3 is 14.6 Å². The van der Waals surface area contributed by atoms with E-state index in [1.54, 1.807) is 0 Å². The average molecular weight is 357 g/mol. The third-order valence-corrected chi connectivity index (χ3v) is 4.25. The molecule has 0 bridgehead atoms. The van der Waals surface area contributed by atoms with Crippen molar-refractivity contribution in [3.63, 3.8) is 0 Å². The second-order valence-electron chi connectivity index (χ2n) is 6.97. The van der Waals surface area contributed by atoms with E-state index in [-0.39, 0.29) is 11.8 Å². The minimum atomic E-state index is -0.819. The van der Waals surface area contributed by atoms with E-state index in [0.717, 1.165) is 10.0 Å². The van der Waals surface area contributed by atoms with Crippen molar-refractivity contribution in [2.45, 2.75) is 39.5 Å². The highest BCUT2D eigenvalue weighted by Gasteiger charge is 2.30. The number of hydrogen-bond donors (Lipinski definition) is 1. The Morgan fingerprint density at radius 2 is 1.81 bits per heavy atom. The second-order valence-corrected chi connectivity index (χ2v) is 7.83. The van der Waals surface area contributed by atoms with Gasteiger partial charge in [-0.3, -0.25) is 4.79 Å². The molecule has 0 unspecified atom stereocenters. The van der Waals surface area contributed by atoms with Gasteiger partial charge in [-0.2, -0.15) is 0 Å². The first-order chi connectivity index (χ1) is 9.61. The summed E-state index contributed by atoms with van der Waals surface area (Å²) in [7, 11) is 0. The summed E-state index contributed by atoms with van der Waals surface area (Å²) in [6.07, 6.45) is 0.0523. The Bertz CT molecular complexity index is 564. The van der Waals surface area contributed by atoms with Crippen LogP contribution in [-0.4, -0.2) is 24.3 Å². The van der Waals surface area contributed by atoms with Crippen molar-refractivity contribution in [1.29, 1.82) is 0 Å². The smallest absolute Gasteiger partial charge is 0.304 e. The molecule has 0 fully saturated rings. The van der Waals surface area contributed by atoms with Gasteiger partial charge in [-0.15, -0.1) is 0 Å². The number of rotatable bonds is 3. The fourth-order valence-corrected chi connectivity index (χ4v) is 3.20. The van der Waals surface area contributed by atoms with Crippen LogP contribution in [-0.2, 0) is 10.2 Å². The molecule has 116 valence electrons. The molecule has 1 N–H and O–H groups in total. The number of aliphatic carboxylic acids is 1. The fraction of sp³-hybridized carbons (Fsp3) is 0.562. The van der Waals surface area contributed by atoms with Gasteiger partial charge in [0.15, 0.2) is 11.5 Å². The first-order valence-corrected chi connectivity index (χ1v) is 7.71. The Hall–Kier alpha value is -1.23. The van der Waals surface area contributed by atoms with Crippen LogP contribution in [0.4, 0.5) is 0 Å². The summed E-state index contributed by atoms with van der Waals surface area (Å²) in [5.41, 5.74) is 0.361. The normalized spacial score (nSPS) is 17.2. The van der Waals surface area contributed by atoms with Crippen LogP contribution in [0.25, 0.3) is 0 Å². The lowest BCUT2D eigenvalue weighted by atomic mass is 9.81. The Balaban J connectivity index is 2.40. The molecule has 0 radical (unpaired) electrons. The molecule has 1 aliphatic rings. The maximum Gasteiger partial charge on any atom is 0.304 e. The molecule has 0 aromatic heterocycles. The quantitative estimate of drug-likeness (QED) is 0.889. The number of halogens is 1. The molecule has 0 aliphatic carbocycles. The van der Waals surface area contributed by atoms with E-state index in [4.69, 9.17) is 14.6 Å². The van der Waals surface area contributed by atoms with Crippen molar-refractivity contribution in [1.82, 2.24) is 0 Å². The predicted molar refractivity (Wildman–Crippen MR) is 84.2 cm³/mol. The number of hydrogen-bond acceptors (Lipinski definition) is 3. The summed E-state index contributed by atoms with van der Waals surface area (Å²) in [6, 6.07) is 3.76. The van der Waals surface area contributed by atoms with Crippen LogP contribution in [0.15, 0.2) is 16.6 Å². The minimum Gasteiger partial charge on any atom is -0.489 e. The molecule has 0 saturated heterocycles. The molecule has 1 heterocycles. The highest BCUT2D eigenvalue weighted by Crippen LogP contribution is 2.42. The van der Waals surface area contributed by atoms with E-state index in [2.05, 4.69) is 29.8 Å².